The molecule has 1 aliphatic rings. The molecule has 0 radical (unpaired) electrons. The van der Waals surface area contributed by atoms with Gasteiger partial charge >= 0.3 is 5.69 Å². The minimum absolute atomic E-state index is 0.201. The van der Waals surface area contributed by atoms with Gasteiger partial charge in [0.1, 0.15) is 0 Å². The van der Waals surface area contributed by atoms with Crippen LogP contribution in [0.2, 0.25) is 5.02 Å². The zero-order valence-electron chi connectivity index (χ0n) is 18.0. The molecule has 1 atom stereocenters. The second-order valence-electron chi connectivity index (χ2n) is 7.77. The van der Waals surface area contributed by atoms with Crippen molar-refractivity contribution >= 4 is 35.4 Å². The third-order valence-corrected chi connectivity index (χ3v) is 5.83. The highest BCUT2D eigenvalue weighted by Gasteiger charge is 2.20. The van der Waals surface area contributed by atoms with Crippen molar-refractivity contribution in [2.75, 3.05) is 13.2 Å². The maximum atomic E-state index is 13.3. The van der Waals surface area contributed by atoms with Crippen molar-refractivity contribution in [2.45, 2.75) is 45.1 Å². The maximum absolute atomic E-state index is 13.3. The highest BCUT2D eigenvalue weighted by Crippen LogP contribution is 2.20. The number of aryl methyl sites for hydroxylation is 1. The van der Waals surface area contributed by atoms with Crippen LogP contribution in [0.5, 0.6) is 0 Å². The predicted octanol–water partition coefficient (Wildman–Crippen LogP) is 2.86. The Bertz CT molecular complexity index is 1220. The van der Waals surface area contributed by atoms with Crippen LogP contribution in [0, 0.1) is 0 Å². The molecule has 9 nitrogen and oxygen atoms in total. The zero-order chi connectivity index (χ0) is 22.7. The van der Waals surface area contributed by atoms with Crippen molar-refractivity contribution in [1.82, 2.24) is 18.7 Å². The number of benzene rings is 1. The molecule has 0 aliphatic carbocycles. The molecule has 0 saturated carbocycles. The quantitative estimate of drug-likeness (QED) is 0.381. The molecular weight excluding hydrogens is 434 g/mol. The molecule has 0 spiro atoms. The van der Waals surface area contributed by atoms with Gasteiger partial charge in [0, 0.05) is 25.2 Å². The fourth-order valence-electron chi connectivity index (χ4n) is 3.88. The summed E-state index contributed by atoms with van der Waals surface area (Å²) in [5, 5.41) is 0.622. The first-order valence-corrected chi connectivity index (χ1v) is 11.0. The van der Waals surface area contributed by atoms with E-state index in [1.807, 2.05) is 12.1 Å². The van der Waals surface area contributed by atoms with E-state index in [1.54, 1.807) is 23.7 Å². The Morgan fingerprint density at radius 2 is 2.03 bits per heavy atom. The zero-order valence-corrected chi connectivity index (χ0v) is 18.8. The lowest BCUT2D eigenvalue weighted by Gasteiger charge is -2.22. The second-order valence-corrected chi connectivity index (χ2v) is 8.21. The first-order valence-electron chi connectivity index (χ1n) is 10.6. The Balaban J connectivity index is 1.63. The third kappa shape index (κ3) is 4.55. The first-order chi connectivity index (χ1) is 15.5. The second kappa shape index (κ2) is 9.81. The van der Waals surface area contributed by atoms with Crippen molar-refractivity contribution in [3.05, 3.63) is 55.7 Å². The van der Waals surface area contributed by atoms with Crippen molar-refractivity contribution in [3.63, 3.8) is 0 Å². The van der Waals surface area contributed by atoms with Gasteiger partial charge in [-0.15, -0.1) is 0 Å². The number of imidazole rings is 1. The smallest absolute Gasteiger partial charge is 0.332 e. The number of nitrogens with zero attached hydrogens (tertiary/aromatic N) is 5. The van der Waals surface area contributed by atoms with E-state index in [-0.39, 0.29) is 24.4 Å². The molecule has 2 aromatic heterocycles. The number of hydrogen-bond donors (Lipinski definition) is 0. The fraction of sp³-hybridized carbons (Fsp3) is 0.455. The fourth-order valence-corrected chi connectivity index (χ4v) is 4.01. The van der Waals surface area contributed by atoms with Crippen LogP contribution >= 0.6 is 11.6 Å². The molecule has 1 aliphatic heterocycles. The molecule has 1 fully saturated rings. The molecule has 0 amide bonds. The Morgan fingerprint density at radius 1 is 1.25 bits per heavy atom. The number of aliphatic imine (C=N–C) groups is 1. The summed E-state index contributed by atoms with van der Waals surface area (Å²) in [6.45, 7) is 5.26. The number of rotatable bonds is 8. The summed E-state index contributed by atoms with van der Waals surface area (Å²) in [5.41, 5.74) is 0.663. The summed E-state index contributed by atoms with van der Waals surface area (Å²) >= 11 is 5.98. The average Bonchev–Trinajstić information content (AvgIpc) is 3.18. The van der Waals surface area contributed by atoms with E-state index < -0.39 is 11.2 Å². The van der Waals surface area contributed by atoms with Crippen LogP contribution in [0.4, 0.5) is 5.95 Å². The number of hydrogen-bond acceptors (Lipinski definition) is 6. The van der Waals surface area contributed by atoms with Gasteiger partial charge in [-0.2, -0.15) is 4.98 Å². The molecule has 170 valence electrons. The largest absolute Gasteiger partial charge is 0.353 e. The monoisotopic (exact) mass is 459 g/mol. The van der Waals surface area contributed by atoms with E-state index in [0.29, 0.717) is 36.7 Å². The number of fused-ring (bicyclic) bond motifs is 1. The van der Waals surface area contributed by atoms with Crippen LogP contribution in [0.25, 0.3) is 11.2 Å². The van der Waals surface area contributed by atoms with E-state index in [9.17, 15) is 9.59 Å². The van der Waals surface area contributed by atoms with Gasteiger partial charge in [0.25, 0.3) is 5.56 Å². The molecule has 3 heterocycles. The highest BCUT2D eigenvalue weighted by atomic mass is 35.5. The molecule has 3 aromatic rings. The van der Waals surface area contributed by atoms with E-state index in [2.05, 4.69) is 16.7 Å². The van der Waals surface area contributed by atoms with Gasteiger partial charge < -0.3 is 9.47 Å². The van der Waals surface area contributed by atoms with E-state index in [0.717, 1.165) is 24.8 Å². The molecule has 32 heavy (non-hydrogen) atoms. The van der Waals surface area contributed by atoms with Crippen molar-refractivity contribution in [1.29, 1.82) is 0 Å². The van der Waals surface area contributed by atoms with Gasteiger partial charge in [-0.1, -0.05) is 23.7 Å². The Morgan fingerprint density at radius 3 is 2.72 bits per heavy atom. The molecule has 10 heteroatoms. The number of ether oxygens (including phenoxy) is 2. The van der Waals surface area contributed by atoms with Crippen molar-refractivity contribution in [2.24, 2.45) is 12.0 Å². The summed E-state index contributed by atoms with van der Waals surface area (Å²) in [6.07, 6.45) is 3.32. The molecule has 1 aromatic carbocycles. The Hall–Kier alpha value is -2.75. The lowest BCUT2D eigenvalue weighted by Crippen LogP contribution is -2.40. The van der Waals surface area contributed by atoms with Crippen LogP contribution < -0.4 is 11.2 Å². The van der Waals surface area contributed by atoms with Crippen LogP contribution in [0.15, 0.2) is 38.8 Å². The summed E-state index contributed by atoms with van der Waals surface area (Å²) in [7, 11) is 1.60. The van der Waals surface area contributed by atoms with E-state index in [1.165, 1.54) is 9.13 Å². The normalized spacial score (nSPS) is 16.5. The minimum Gasteiger partial charge on any atom is -0.353 e. The van der Waals surface area contributed by atoms with Crippen LogP contribution in [0.3, 0.4) is 0 Å². The van der Waals surface area contributed by atoms with Crippen molar-refractivity contribution < 1.29 is 9.47 Å². The molecule has 0 bridgehead atoms. The number of halogens is 1. The van der Waals surface area contributed by atoms with Crippen LogP contribution in [-0.2, 0) is 29.6 Å². The first kappa shape index (κ1) is 22.4. The lowest BCUT2D eigenvalue weighted by molar-refractivity contribution is -0.163. The standard InChI is InChI=1S/C22H26ClN5O4/c1-24-21-25-19-18(28(21)14-15-7-9-16(23)10-8-15)20(29)27(22(30)26(19)2)11-5-13-32-17-6-3-4-12-31-17/h7-10,17H,1,3-6,11-14H2,2H3. The SMILES string of the molecule is C=Nc1nc2c(c(=O)n(CCCOC3CCCCO3)c(=O)n2C)n1Cc1ccc(Cl)cc1. The topological polar surface area (TPSA) is 92.6 Å². The Kier molecular flexibility index (Phi) is 6.88. The van der Waals surface area contributed by atoms with Crippen molar-refractivity contribution in [3.8, 4) is 0 Å². The minimum atomic E-state index is -0.428. The van der Waals surface area contributed by atoms with Gasteiger partial charge in [-0.3, -0.25) is 18.5 Å². The Labute approximate surface area is 189 Å². The van der Waals surface area contributed by atoms with Gasteiger partial charge in [0.2, 0.25) is 5.95 Å². The summed E-state index contributed by atoms with van der Waals surface area (Å²) < 4.78 is 15.6. The van der Waals surface area contributed by atoms with Crippen LogP contribution in [0.1, 0.15) is 31.2 Å². The number of aromatic nitrogens is 4. The highest BCUT2D eigenvalue weighted by molar-refractivity contribution is 6.30. The summed E-state index contributed by atoms with van der Waals surface area (Å²) in [6, 6.07) is 7.29. The summed E-state index contributed by atoms with van der Waals surface area (Å²) in [5.74, 6) is 0.276. The third-order valence-electron chi connectivity index (χ3n) is 5.58. The maximum Gasteiger partial charge on any atom is 0.332 e. The summed E-state index contributed by atoms with van der Waals surface area (Å²) in [4.78, 5) is 34.5. The lowest BCUT2D eigenvalue weighted by atomic mass is 10.2. The van der Waals surface area contributed by atoms with Gasteiger partial charge in [-0.25, -0.2) is 9.79 Å². The van der Waals surface area contributed by atoms with E-state index >= 15 is 0 Å². The molecule has 0 N–H and O–H groups in total. The van der Waals surface area contributed by atoms with E-state index in [4.69, 9.17) is 21.1 Å². The van der Waals surface area contributed by atoms with Crippen LogP contribution in [-0.4, -0.2) is 44.9 Å². The predicted molar refractivity (Wildman–Crippen MR) is 123 cm³/mol. The molecule has 1 saturated heterocycles. The molecule has 4 rings (SSSR count). The van der Waals surface area contributed by atoms with Gasteiger partial charge in [0.05, 0.1) is 13.2 Å². The van der Waals surface area contributed by atoms with Gasteiger partial charge in [-0.05, 0) is 50.1 Å². The molecular formula is C22H26ClN5O4. The van der Waals surface area contributed by atoms with Gasteiger partial charge in [0.15, 0.2) is 17.5 Å². The molecule has 1 unspecified atom stereocenters. The average molecular weight is 460 g/mol.